The average Bonchev–Trinajstić information content (AvgIpc) is 2.20. The molecule has 15 heavy (non-hydrogen) atoms. The molecule has 0 saturated heterocycles. The van der Waals surface area contributed by atoms with Crippen LogP contribution in [0.2, 0.25) is 0 Å². The molecule has 0 bridgehead atoms. The number of halogens is 1. The monoisotopic (exact) mass is 233 g/mol. The lowest BCUT2D eigenvalue weighted by Crippen LogP contribution is -2.38. The van der Waals surface area contributed by atoms with E-state index in [1.165, 1.54) is 0 Å². The average molecular weight is 234 g/mol. The highest BCUT2D eigenvalue weighted by atomic mass is 35.5. The van der Waals surface area contributed by atoms with Gasteiger partial charge in [0.2, 0.25) is 5.91 Å². The predicted molar refractivity (Wildman–Crippen MR) is 66.2 cm³/mol. The summed E-state index contributed by atoms with van der Waals surface area (Å²) in [5.74, 6) is 1.17. The molecule has 0 saturated carbocycles. The lowest BCUT2D eigenvalue weighted by Gasteiger charge is -2.29. The summed E-state index contributed by atoms with van der Waals surface area (Å²) in [4.78, 5) is 11.5. The molecular formula is C12H24ClNO. The molecule has 2 nitrogen and oxygen atoms in total. The topological polar surface area (TPSA) is 29.1 Å². The Labute approximate surface area is 98.8 Å². The second kappa shape index (κ2) is 7.10. The van der Waals surface area contributed by atoms with Gasteiger partial charge in [-0.1, -0.05) is 27.7 Å². The van der Waals surface area contributed by atoms with Gasteiger partial charge in [0.15, 0.2) is 0 Å². The summed E-state index contributed by atoms with van der Waals surface area (Å²) in [6.45, 7) is 9.05. The van der Waals surface area contributed by atoms with Gasteiger partial charge in [-0.2, -0.15) is 0 Å². The summed E-state index contributed by atoms with van der Waals surface area (Å²) in [7, 11) is 0. The summed E-state index contributed by atoms with van der Waals surface area (Å²) in [6.07, 6.45) is 2.62. The van der Waals surface area contributed by atoms with Crippen molar-refractivity contribution in [2.45, 2.75) is 47.0 Å². The van der Waals surface area contributed by atoms with E-state index >= 15 is 0 Å². The molecule has 0 spiro atoms. The number of rotatable bonds is 7. The van der Waals surface area contributed by atoms with Crippen molar-refractivity contribution in [3.8, 4) is 0 Å². The van der Waals surface area contributed by atoms with Gasteiger partial charge in [-0.15, -0.1) is 11.6 Å². The molecule has 0 radical (unpaired) electrons. The van der Waals surface area contributed by atoms with Crippen molar-refractivity contribution in [2.75, 3.05) is 12.4 Å². The van der Waals surface area contributed by atoms with E-state index in [4.69, 9.17) is 11.6 Å². The van der Waals surface area contributed by atoms with Gasteiger partial charge in [0, 0.05) is 24.3 Å². The third kappa shape index (κ3) is 5.41. The van der Waals surface area contributed by atoms with E-state index in [2.05, 4.69) is 19.2 Å². The van der Waals surface area contributed by atoms with Crippen LogP contribution in [0, 0.1) is 11.3 Å². The summed E-state index contributed by atoms with van der Waals surface area (Å²) < 4.78 is 0. The first-order valence-electron chi connectivity index (χ1n) is 5.82. The standard InChI is InChI=1S/C12H24ClNO/c1-5-12(6-2,8-13)9-14-11(15)7-10(3)4/h10H,5-9H2,1-4H3,(H,14,15). The van der Waals surface area contributed by atoms with Crippen molar-refractivity contribution < 1.29 is 4.79 Å². The Balaban J connectivity index is 4.05. The molecule has 0 aromatic heterocycles. The molecule has 0 aromatic carbocycles. The normalized spacial score (nSPS) is 11.9. The van der Waals surface area contributed by atoms with E-state index in [0.29, 0.717) is 24.8 Å². The highest BCUT2D eigenvalue weighted by Crippen LogP contribution is 2.26. The fourth-order valence-electron chi connectivity index (χ4n) is 1.47. The number of hydrogen-bond donors (Lipinski definition) is 1. The molecule has 0 aliphatic carbocycles. The molecule has 1 N–H and O–H groups in total. The van der Waals surface area contributed by atoms with E-state index in [1.54, 1.807) is 0 Å². The minimum atomic E-state index is 0.0776. The van der Waals surface area contributed by atoms with Gasteiger partial charge in [0.05, 0.1) is 0 Å². The lowest BCUT2D eigenvalue weighted by atomic mass is 9.84. The molecule has 3 heteroatoms. The summed E-state index contributed by atoms with van der Waals surface area (Å²) in [5, 5.41) is 2.98. The minimum Gasteiger partial charge on any atom is -0.355 e. The predicted octanol–water partition coefficient (Wildman–Crippen LogP) is 3.19. The van der Waals surface area contributed by atoms with Gasteiger partial charge in [0.1, 0.15) is 0 Å². The Bertz CT molecular complexity index is 180. The molecule has 0 aliphatic heterocycles. The van der Waals surface area contributed by atoms with Crippen LogP contribution in [0.5, 0.6) is 0 Å². The van der Waals surface area contributed by atoms with Gasteiger partial charge in [-0.05, 0) is 18.8 Å². The largest absolute Gasteiger partial charge is 0.355 e. The maximum atomic E-state index is 11.5. The van der Waals surface area contributed by atoms with E-state index in [-0.39, 0.29) is 11.3 Å². The molecule has 1 amide bonds. The molecule has 90 valence electrons. The zero-order chi connectivity index (χ0) is 11.9. The molecule has 0 heterocycles. The lowest BCUT2D eigenvalue weighted by molar-refractivity contribution is -0.122. The fraction of sp³-hybridized carbons (Fsp3) is 0.917. The molecule has 0 aliphatic rings. The van der Waals surface area contributed by atoms with Crippen molar-refractivity contribution in [1.82, 2.24) is 5.32 Å². The van der Waals surface area contributed by atoms with Crippen LogP contribution in [0.1, 0.15) is 47.0 Å². The quantitative estimate of drug-likeness (QED) is 0.673. The molecule has 0 aromatic rings. The SMILES string of the molecule is CCC(CC)(CCl)CNC(=O)CC(C)C. The molecular weight excluding hydrogens is 210 g/mol. The van der Waals surface area contributed by atoms with Gasteiger partial charge in [-0.3, -0.25) is 4.79 Å². The van der Waals surface area contributed by atoms with E-state index < -0.39 is 0 Å². The van der Waals surface area contributed by atoms with Crippen LogP contribution < -0.4 is 5.32 Å². The zero-order valence-electron chi connectivity index (χ0n) is 10.4. The molecule has 0 fully saturated rings. The van der Waals surface area contributed by atoms with Crippen LogP contribution in [0.4, 0.5) is 0 Å². The molecule has 0 rings (SSSR count). The Morgan fingerprint density at radius 2 is 1.87 bits per heavy atom. The van der Waals surface area contributed by atoms with Gasteiger partial charge < -0.3 is 5.32 Å². The summed E-state index contributed by atoms with van der Waals surface area (Å²) in [5.41, 5.74) is 0.0776. The van der Waals surface area contributed by atoms with Gasteiger partial charge >= 0.3 is 0 Å². The summed E-state index contributed by atoms with van der Waals surface area (Å²) in [6, 6.07) is 0. The van der Waals surface area contributed by atoms with E-state index in [1.807, 2.05) is 13.8 Å². The zero-order valence-corrected chi connectivity index (χ0v) is 11.2. The van der Waals surface area contributed by atoms with Crippen molar-refractivity contribution in [3.63, 3.8) is 0 Å². The molecule has 0 atom stereocenters. The highest BCUT2D eigenvalue weighted by Gasteiger charge is 2.25. The Morgan fingerprint density at radius 3 is 2.20 bits per heavy atom. The van der Waals surface area contributed by atoms with Crippen molar-refractivity contribution in [2.24, 2.45) is 11.3 Å². The number of amides is 1. The van der Waals surface area contributed by atoms with Crippen LogP contribution in [0.25, 0.3) is 0 Å². The highest BCUT2D eigenvalue weighted by molar-refractivity contribution is 6.18. The second-order valence-electron chi connectivity index (χ2n) is 4.72. The number of alkyl halides is 1. The van der Waals surface area contributed by atoms with Crippen molar-refractivity contribution in [3.05, 3.63) is 0 Å². The third-order valence-electron chi connectivity index (χ3n) is 3.04. The van der Waals surface area contributed by atoms with Crippen molar-refractivity contribution >= 4 is 17.5 Å². The fourth-order valence-corrected chi connectivity index (χ4v) is 1.94. The van der Waals surface area contributed by atoms with Crippen LogP contribution in [-0.2, 0) is 4.79 Å². The maximum Gasteiger partial charge on any atom is 0.220 e. The van der Waals surface area contributed by atoms with Gasteiger partial charge in [-0.25, -0.2) is 0 Å². The van der Waals surface area contributed by atoms with Crippen LogP contribution >= 0.6 is 11.6 Å². The molecule has 0 unspecified atom stereocenters. The first-order chi connectivity index (χ1) is 6.99. The van der Waals surface area contributed by atoms with E-state index in [0.717, 1.165) is 12.8 Å². The Kier molecular flexibility index (Phi) is 6.99. The second-order valence-corrected chi connectivity index (χ2v) is 4.98. The minimum absolute atomic E-state index is 0.0776. The Hall–Kier alpha value is -0.240. The van der Waals surface area contributed by atoms with Gasteiger partial charge in [0.25, 0.3) is 0 Å². The van der Waals surface area contributed by atoms with Crippen LogP contribution in [0.15, 0.2) is 0 Å². The maximum absolute atomic E-state index is 11.5. The first-order valence-corrected chi connectivity index (χ1v) is 6.35. The smallest absolute Gasteiger partial charge is 0.220 e. The number of carbonyl (C=O) groups excluding carboxylic acids is 1. The number of hydrogen-bond acceptors (Lipinski definition) is 1. The Morgan fingerprint density at radius 1 is 1.33 bits per heavy atom. The van der Waals surface area contributed by atoms with Crippen LogP contribution in [0.3, 0.4) is 0 Å². The van der Waals surface area contributed by atoms with Crippen molar-refractivity contribution in [1.29, 1.82) is 0 Å². The summed E-state index contributed by atoms with van der Waals surface area (Å²) >= 11 is 5.96. The third-order valence-corrected chi connectivity index (χ3v) is 3.60. The number of carbonyl (C=O) groups is 1. The van der Waals surface area contributed by atoms with E-state index in [9.17, 15) is 4.79 Å². The van der Waals surface area contributed by atoms with Crippen LogP contribution in [-0.4, -0.2) is 18.3 Å². The number of nitrogens with one attached hydrogen (secondary N) is 1. The first kappa shape index (κ1) is 14.8.